The number of ether oxygens (including phenoxy) is 3. The van der Waals surface area contributed by atoms with E-state index in [1.807, 2.05) is 26.8 Å². The van der Waals surface area contributed by atoms with Crippen LogP contribution in [-0.4, -0.2) is 49.3 Å². The minimum absolute atomic E-state index is 0.0410. The van der Waals surface area contributed by atoms with Crippen molar-refractivity contribution in [1.82, 2.24) is 4.90 Å². The van der Waals surface area contributed by atoms with Crippen LogP contribution >= 0.6 is 0 Å². The Morgan fingerprint density at radius 1 is 1.10 bits per heavy atom. The summed E-state index contributed by atoms with van der Waals surface area (Å²) in [5.74, 6) is 1.80. The first kappa shape index (κ1) is 23.9. The summed E-state index contributed by atoms with van der Waals surface area (Å²) in [6.07, 6.45) is 9.59. The molecule has 1 aromatic carbocycles. The van der Waals surface area contributed by atoms with Crippen LogP contribution < -0.4 is 9.47 Å². The number of likely N-dealkylation sites (tertiary alicyclic amines) is 1. The monoisotopic (exact) mass is 431 g/mol. The molecule has 0 aliphatic carbocycles. The van der Waals surface area contributed by atoms with Gasteiger partial charge in [-0.15, -0.1) is 0 Å². The molecule has 0 radical (unpaired) electrons. The van der Waals surface area contributed by atoms with Crippen LogP contribution in [-0.2, 0) is 14.9 Å². The Balaban J connectivity index is 1.49. The van der Waals surface area contributed by atoms with Gasteiger partial charge in [-0.05, 0) is 71.3 Å². The molecule has 2 aliphatic rings. The molecule has 0 N–H and O–H groups in total. The minimum Gasteiger partial charge on any atom is -0.494 e. The van der Waals surface area contributed by atoms with Crippen LogP contribution in [0.5, 0.6) is 11.5 Å². The topological polar surface area (TPSA) is 48.0 Å². The van der Waals surface area contributed by atoms with Gasteiger partial charge in [0.05, 0.1) is 19.8 Å². The molecular formula is C26H41NO4. The fourth-order valence-electron chi connectivity index (χ4n) is 4.61. The average molecular weight is 432 g/mol. The highest BCUT2D eigenvalue weighted by atomic mass is 16.6. The number of benzene rings is 1. The van der Waals surface area contributed by atoms with Gasteiger partial charge in [-0.3, -0.25) is 9.69 Å². The lowest BCUT2D eigenvalue weighted by Gasteiger charge is -2.38. The molecule has 3 rings (SSSR count). The normalized spacial score (nSPS) is 17.9. The number of fused-ring (bicyclic) bond motifs is 2. The summed E-state index contributed by atoms with van der Waals surface area (Å²) in [5, 5.41) is 0. The zero-order valence-corrected chi connectivity index (χ0v) is 20.0. The first-order valence-electron chi connectivity index (χ1n) is 12.2. The third kappa shape index (κ3) is 6.86. The molecule has 0 aromatic heterocycles. The number of nitrogens with zero attached hydrogens (tertiary/aromatic N) is 1. The Kier molecular flexibility index (Phi) is 8.26. The number of hydrogen-bond acceptors (Lipinski definition) is 5. The number of carbonyl (C=O) groups is 1. The summed E-state index contributed by atoms with van der Waals surface area (Å²) in [7, 11) is 0. The van der Waals surface area contributed by atoms with E-state index in [2.05, 4.69) is 24.0 Å². The quantitative estimate of drug-likeness (QED) is 0.362. The fourth-order valence-corrected chi connectivity index (χ4v) is 4.61. The Hall–Kier alpha value is -1.75. The van der Waals surface area contributed by atoms with Crippen LogP contribution in [0.4, 0.5) is 0 Å². The van der Waals surface area contributed by atoms with Gasteiger partial charge < -0.3 is 14.2 Å². The maximum atomic E-state index is 12.2. The number of piperidine rings is 1. The van der Waals surface area contributed by atoms with Gasteiger partial charge in [-0.25, -0.2) is 0 Å². The summed E-state index contributed by atoms with van der Waals surface area (Å²) in [6.45, 7) is 11.6. The molecule has 174 valence electrons. The fraction of sp³-hybridized carbons (Fsp3) is 0.731. The van der Waals surface area contributed by atoms with Crippen molar-refractivity contribution in [2.75, 3.05) is 32.8 Å². The van der Waals surface area contributed by atoms with Crippen LogP contribution in [0.1, 0.15) is 84.6 Å². The third-order valence-corrected chi connectivity index (χ3v) is 6.38. The molecule has 1 aromatic rings. The molecule has 31 heavy (non-hydrogen) atoms. The van der Waals surface area contributed by atoms with Crippen molar-refractivity contribution in [2.24, 2.45) is 0 Å². The van der Waals surface area contributed by atoms with Crippen LogP contribution in [0.15, 0.2) is 18.2 Å². The molecule has 5 heteroatoms. The van der Waals surface area contributed by atoms with E-state index in [0.29, 0.717) is 6.54 Å². The van der Waals surface area contributed by atoms with Gasteiger partial charge in [0, 0.05) is 11.0 Å². The molecule has 1 spiro atoms. The number of esters is 1. The molecule has 1 fully saturated rings. The smallest absolute Gasteiger partial charge is 0.320 e. The predicted octanol–water partition coefficient (Wildman–Crippen LogP) is 5.49. The zero-order chi connectivity index (χ0) is 22.3. The van der Waals surface area contributed by atoms with Crippen LogP contribution in [0.3, 0.4) is 0 Å². The molecule has 0 unspecified atom stereocenters. The highest BCUT2D eigenvalue weighted by Gasteiger charge is 2.43. The van der Waals surface area contributed by atoms with E-state index in [1.165, 1.54) is 37.7 Å². The standard InChI is InChI=1S/C26H41NO4/c1-5-6-7-8-9-10-17-29-21-11-12-23-22(18-21)26(20-30-23)13-15-27(16-14-26)19-24(28)31-25(2,3)4/h11-12,18H,5-10,13-17,19-20H2,1-4H3. The SMILES string of the molecule is CCCCCCCCOc1ccc2c(c1)C1(CCN(CC(=O)OC(C)(C)C)CC1)CO2. The molecular weight excluding hydrogens is 390 g/mol. The minimum atomic E-state index is -0.432. The van der Waals surface area contributed by atoms with E-state index in [4.69, 9.17) is 14.2 Å². The lowest BCUT2D eigenvalue weighted by Crippen LogP contribution is -2.46. The molecule has 1 saturated heterocycles. The summed E-state index contributed by atoms with van der Waals surface area (Å²) in [4.78, 5) is 14.4. The van der Waals surface area contributed by atoms with Gasteiger partial charge in [0.25, 0.3) is 0 Å². The zero-order valence-electron chi connectivity index (χ0n) is 20.0. The van der Waals surface area contributed by atoms with Gasteiger partial charge in [-0.1, -0.05) is 39.0 Å². The molecule has 5 nitrogen and oxygen atoms in total. The van der Waals surface area contributed by atoms with Gasteiger partial charge in [0.15, 0.2) is 0 Å². The van der Waals surface area contributed by atoms with Crippen molar-refractivity contribution < 1.29 is 19.0 Å². The Morgan fingerprint density at radius 3 is 2.52 bits per heavy atom. The number of hydrogen-bond donors (Lipinski definition) is 0. The Bertz CT molecular complexity index is 717. The lowest BCUT2D eigenvalue weighted by atomic mass is 9.74. The third-order valence-electron chi connectivity index (χ3n) is 6.38. The predicted molar refractivity (Wildman–Crippen MR) is 124 cm³/mol. The van der Waals surface area contributed by atoms with E-state index in [1.54, 1.807) is 0 Å². The number of rotatable bonds is 10. The Morgan fingerprint density at radius 2 is 1.81 bits per heavy atom. The van der Waals surface area contributed by atoms with Crippen molar-refractivity contribution in [3.05, 3.63) is 23.8 Å². The van der Waals surface area contributed by atoms with Crippen LogP contribution in [0.25, 0.3) is 0 Å². The van der Waals surface area contributed by atoms with Crippen molar-refractivity contribution in [2.45, 2.75) is 90.1 Å². The van der Waals surface area contributed by atoms with E-state index >= 15 is 0 Å². The van der Waals surface area contributed by atoms with E-state index in [-0.39, 0.29) is 11.4 Å². The summed E-state index contributed by atoms with van der Waals surface area (Å²) in [5.41, 5.74) is 0.891. The highest BCUT2D eigenvalue weighted by molar-refractivity contribution is 5.72. The van der Waals surface area contributed by atoms with Crippen molar-refractivity contribution in [3.63, 3.8) is 0 Å². The van der Waals surface area contributed by atoms with Gasteiger partial charge >= 0.3 is 5.97 Å². The second-order valence-corrected chi connectivity index (χ2v) is 10.2. The molecule has 2 heterocycles. The molecule has 0 atom stereocenters. The van der Waals surface area contributed by atoms with Crippen LogP contribution in [0.2, 0.25) is 0 Å². The van der Waals surface area contributed by atoms with Gasteiger partial charge in [-0.2, -0.15) is 0 Å². The first-order valence-corrected chi connectivity index (χ1v) is 12.2. The summed E-state index contributed by atoms with van der Waals surface area (Å²) >= 11 is 0. The maximum Gasteiger partial charge on any atom is 0.320 e. The van der Waals surface area contributed by atoms with Crippen molar-refractivity contribution in [1.29, 1.82) is 0 Å². The molecule has 0 amide bonds. The van der Waals surface area contributed by atoms with Gasteiger partial charge in [0.2, 0.25) is 0 Å². The van der Waals surface area contributed by atoms with Crippen molar-refractivity contribution in [3.8, 4) is 11.5 Å². The summed E-state index contributed by atoms with van der Waals surface area (Å²) < 4.78 is 17.6. The maximum absolute atomic E-state index is 12.2. The summed E-state index contributed by atoms with van der Waals surface area (Å²) in [6, 6.07) is 6.29. The Labute approximate surface area is 188 Å². The lowest BCUT2D eigenvalue weighted by molar-refractivity contribution is -0.156. The van der Waals surface area contributed by atoms with E-state index in [9.17, 15) is 4.79 Å². The van der Waals surface area contributed by atoms with Crippen LogP contribution in [0, 0.1) is 0 Å². The molecule has 0 bridgehead atoms. The average Bonchev–Trinajstić information content (AvgIpc) is 3.05. The highest BCUT2D eigenvalue weighted by Crippen LogP contribution is 2.46. The second-order valence-electron chi connectivity index (χ2n) is 10.2. The van der Waals surface area contributed by atoms with E-state index in [0.717, 1.165) is 57.1 Å². The second kappa shape index (κ2) is 10.7. The van der Waals surface area contributed by atoms with E-state index < -0.39 is 5.60 Å². The largest absolute Gasteiger partial charge is 0.494 e. The van der Waals surface area contributed by atoms with Crippen molar-refractivity contribution >= 4 is 5.97 Å². The molecule has 2 aliphatic heterocycles. The first-order chi connectivity index (χ1) is 14.8. The molecule has 0 saturated carbocycles. The number of carbonyl (C=O) groups excluding carboxylic acids is 1. The number of unbranched alkanes of at least 4 members (excludes halogenated alkanes) is 5. The van der Waals surface area contributed by atoms with Gasteiger partial charge in [0.1, 0.15) is 17.1 Å².